The molecule has 1 saturated heterocycles. The molecule has 1 aliphatic carbocycles. The summed E-state index contributed by atoms with van der Waals surface area (Å²) >= 11 is 0. The first-order valence-electron chi connectivity index (χ1n) is 8.47. The van der Waals surface area contributed by atoms with E-state index in [9.17, 15) is 19.1 Å². The molecule has 0 amide bonds. The third kappa shape index (κ3) is 2.00. The summed E-state index contributed by atoms with van der Waals surface area (Å²) in [5.74, 6) is -1.76. The van der Waals surface area contributed by atoms with Gasteiger partial charge in [-0.05, 0) is 25.3 Å². The van der Waals surface area contributed by atoms with Crippen LogP contribution in [0.15, 0.2) is 20.2 Å². The number of H-pyrrole nitrogens is 1. The highest BCUT2D eigenvalue weighted by Crippen LogP contribution is 2.41. The average Bonchev–Trinajstić information content (AvgIpc) is 3.23. The number of β-amino-alcohol motifs (C(OH)–C–C–N with tert-alkyl or cyclic N) is 1. The SMILES string of the molecule is O=c1[nH]oc2c1c(=O)c1cc(F)c(N3CCC(O)C3)c(F)c1n2C1CC1. The lowest BCUT2D eigenvalue weighted by molar-refractivity contribution is 0.198. The van der Waals surface area contributed by atoms with E-state index < -0.39 is 28.7 Å². The number of rotatable bonds is 2. The molecule has 1 saturated carbocycles. The summed E-state index contributed by atoms with van der Waals surface area (Å²) in [6.45, 7) is 0.435. The van der Waals surface area contributed by atoms with Gasteiger partial charge in [-0.1, -0.05) is 0 Å². The molecule has 2 fully saturated rings. The first-order chi connectivity index (χ1) is 12.5. The second-order valence-corrected chi connectivity index (χ2v) is 6.95. The van der Waals surface area contributed by atoms with Gasteiger partial charge in [0.2, 0.25) is 11.1 Å². The molecule has 0 spiro atoms. The minimum absolute atomic E-state index is 0.0204. The number of aliphatic hydroxyl groups is 1. The van der Waals surface area contributed by atoms with Crippen molar-refractivity contribution in [2.24, 2.45) is 0 Å². The normalized spacial score (nSPS) is 20.6. The van der Waals surface area contributed by atoms with Crippen LogP contribution in [0.1, 0.15) is 25.3 Å². The Balaban J connectivity index is 1.92. The number of nitrogens with zero attached hydrogens (tertiary/aromatic N) is 2. The number of aromatic amines is 1. The van der Waals surface area contributed by atoms with Crippen LogP contribution >= 0.6 is 0 Å². The van der Waals surface area contributed by atoms with Crippen LogP contribution in [0.5, 0.6) is 0 Å². The number of hydrogen-bond donors (Lipinski definition) is 2. The second-order valence-electron chi connectivity index (χ2n) is 6.95. The highest BCUT2D eigenvalue weighted by Gasteiger charge is 2.34. The molecule has 9 heteroatoms. The Morgan fingerprint density at radius 1 is 1.23 bits per heavy atom. The zero-order chi connectivity index (χ0) is 18.2. The molecule has 26 heavy (non-hydrogen) atoms. The maximum absolute atomic E-state index is 15.4. The van der Waals surface area contributed by atoms with Crippen molar-refractivity contribution in [2.75, 3.05) is 18.0 Å². The number of anilines is 1. The molecule has 0 radical (unpaired) electrons. The van der Waals surface area contributed by atoms with Gasteiger partial charge in [0.1, 0.15) is 11.5 Å². The van der Waals surface area contributed by atoms with Crippen LogP contribution in [-0.2, 0) is 0 Å². The number of aromatic nitrogens is 2. The number of hydrogen-bond acceptors (Lipinski definition) is 5. The van der Waals surface area contributed by atoms with E-state index in [1.54, 1.807) is 0 Å². The smallest absolute Gasteiger partial charge is 0.293 e. The highest BCUT2D eigenvalue weighted by molar-refractivity contribution is 5.93. The number of fused-ring (bicyclic) bond motifs is 2. The maximum atomic E-state index is 15.4. The highest BCUT2D eigenvalue weighted by atomic mass is 19.1. The molecule has 1 aliphatic heterocycles. The lowest BCUT2D eigenvalue weighted by atomic mass is 10.1. The van der Waals surface area contributed by atoms with E-state index in [0.717, 1.165) is 18.9 Å². The first-order valence-corrected chi connectivity index (χ1v) is 8.47. The predicted molar refractivity (Wildman–Crippen MR) is 89.6 cm³/mol. The second kappa shape index (κ2) is 5.16. The lowest BCUT2D eigenvalue weighted by Gasteiger charge is -2.21. The Bertz CT molecular complexity index is 1170. The summed E-state index contributed by atoms with van der Waals surface area (Å²) in [6.07, 6.45) is 1.26. The summed E-state index contributed by atoms with van der Waals surface area (Å²) in [4.78, 5) is 26.0. The first kappa shape index (κ1) is 15.6. The van der Waals surface area contributed by atoms with E-state index in [-0.39, 0.29) is 40.3 Å². The van der Waals surface area contributed by atoms with Gasteiger partial charge >= 0.3 is 0 Å². The van der Waals surface area contributed by atoms with Crippen LogP contribution in [-0.4, -0.2) is 34.0 Å². The largest absolute Gasteiger partial charge is 0.391 e. The number of pyridine rings is 1. The van der Waals surface area contributed by atoms with E-state index >= 15 is 4.39 Å². The molecule has 2 aromatic heterocycles. The fourth-order valence-electron chi connectivity index (χ4n) is 3.82. The van der Waals surface area contributed by atoms with Crippen LogP contribution in [0.2, 0.25) is 0 Å². The minimum Gasteiger partial charge on any atom is -0.391 e. The maximum Gasteiger partial charge on any atom is 0.293 e. The van der Waals surface area contributed by atoms with Crippen LogP contribution in [0.3, 0.4) is 0 Å². The van der Waals surface area contributed by atoms with Crippen LogP contribution in [0.25, 0.3) is 22.0 Å². The molecule has 1 aromatic carbocycles. The summed E-state index contributed by atoms with van der Waals surface area (Å²) in [7, 11) is 0. The van der Waals surface area contributed by atoms with Crippen molar-refractivity contribution in [3.63, 3.8) is 0 Å². The predicted octanol–water partition coefficient (Wildman–Crippen LogP) is 1.62. The fourth-order valence-corrected chi connectivity index (χ4v) is 3.82. The van der Waals surface area contributed by atoms with Crippen LogP contribution in [0.4, 0.5) is 14.5 Å². The fraction of sp³-hybridized carbons (Fsp3) is 0.412. The molecule has 5 rings (SSSR count). The lowest BCUT2D eigenvalue weighted by Crippen LogP contribution is -2.25. The molecule has 7 nitrogen and oxygen atoms in total. The van der Waals surface area contributed by atoms with Gasteiger partial charge in [0.05, 0.1) is 17.0 Å². The summed E-state index contributed by atoms with van der Waals surface area (Å²) in [6, 6.07) is 0.863. The Morgan fingerprint density at radius 2 is 2.00 bits per heavy atom. The molecule has 3 heterocycles. The number of aliphatic hydroxyl groups excluding tert-OH is 1. The Labute approximate surface area is 144 Å². The molecular weight excluding hydrogens is 348 g/mol. The van der Waals surface area contributed by atoms with Crippen molar-refractivity contribution in [2.45, 2.75) is 31.4 Å². The van der Waals surface area contributed by atoms with Crippen molar-refractivity contribution in [3.8, 4) is 0 Å². The third-order valence-electron chi connectivity index (χ3n) is 5.17. The van der Waals surface area contributed by atoms with Gasteiger partial charge < -0.3 is 19.1 Å². The quantitative estimate of drug-likeness (QED) is 0.722. The van der Waals surface area contributed by atoms with Crippen LogP contribution < -0.4 is 15.9 Å². The summed E-state index contributed by atoms with van der Waals surface area (Å²) < 4.78 is 36.7. The summed E-state index contributed by atoms with van der Waals surface area (Å²) in [5.41, 5.74) is -1.82. The number of benzene rings is 1. The van der Waals surface area contributed by atoms with Crippen molar-refractivity contribution in [1.29, 1.82) is 0 Å². The van der Waals surface area contributed by atoms with Crippen LogP contribution in [0, 0.1) is 11.6 Å². The standard InChI is InChI=1S/C17H15F2N3O4/c18-10-5-9-13(12(19)14(10)21-4-3-8(23)6-21)22(7-1-2-7)17-11(15(9)24)16(25)20-26-17/h5,7-8,23H,1-4,6H2,(H,20,25). The molecule has 1 atom stereocenters. The zero-order valence-corrected chi connectivity index (χ0v) is 13.6. The van der Waals surface area contributed by atoms with Gasteiger partial charge in [0.25, 0.3) is 5.56 Å². The van der Waals surface area contributed by atoms with Gasteiger partial charge in [-0.3, -0.25) is 9.59 Å². The van der Waals surface area contributed by atoms with E-state index in [1.165, 1.54) is 9.47 Å². The van der Waals surface area contributed by atoms with E-state index in [2.05, 4.69) is 5.16 Å². The van der Waals surface area contributed by atoms with E-state index in [4.69, 9.17) is 4.52 Å². The monoisotopic (exact) mass is 363 g/mol. The van der Waals surface area contributed by atoms with Gasteiger partial charge in [-0.2, -0.15) is 5.16 Å². The zero-order valence-electron chi connectivity index (χ0n) is 13.6. The third-order valence-corrected chi connectivity index (χ3v) is 5.17. The average molecular weight is 363 g/mol. The Kier molecular flexibility index (Phi) is 3.09. The summed E-state index contributed by atoms with van der Waals surface area (Å²) in [5, 5.41) is 11.4. The molecule has 0 bridgehead atoms. The molecule has 2 aliphatic rings. The van der Waals surface area contributed by atoms with Gasteiger partial charge in [-0.15, -0.1) is 0 Å². The Hall–Kier alpha value is -2.68. The topological polar surface area (TPSA) is 91.5 Å². The minimum atomic E-state index is -0.886. The van der Waals surface area contributed by atoms with E-state index in [0.29, 0.717) is 13.0 Å². The molecule has 136 valence electrons. The van der Waals surface area contributed by atoms with Crippen molar-refractivity contribution in [3.05, 3.63) is 38.3 Å². The van der Waals surface area contributed by atoms with Gasteiger partial charge in [0, 0.05) is 19.1 Å². The van der Waals surface area contributed by atoms with Gasteiger partial charge in [-0.25, -0.2) is 8.78 Å². The van der Waals surface area contributed by atoms with Gasteiger partial charge in [0.15, 0.2) is 11.2 Å². The molecular formula is C17H15F2N3O4. The van der Waals surface area contributed by atoms with Crippen molar-refractivity contribution in [1.82, 2.24) is 9.72 Å². The van der Waals surface area contributed by atoms with Crippen molar-refractivity contribution >= 4 is 27.7 Å². The Morgan fingerprint density at radius 3 is 2.65 bits per heavy atom. The van der Waals surface area contributed by atoms with E-state index in [1.807, 2.05) is 0 Å². The number of nitrogens with one attached hydrogen (secondary N) is 1. The number of halogens is 2. The van der Waals surface area contributed by atoms with Crippen molar-refractivity contribution < 1.29 is 18.4 Å². The molecule has 3 aromatic rings. The molecule has 2 N–H and O–H groups in total. The molecule has 1 unspecified atom stereocenters.